The van der Waals surface area contributed by atoms with Gasteiger partial charge in [-0.25, -0.2) is 8.42 Å². The quantitative estimate of drug-likeness (QED) is 0.605. The Balaban J connectivity index is 3.88. The van der Waals surface area contributed by atoms with Crippen LogP contribution in [0.25, 0.3) is 0 Å². The molecule has 0 bridgehead atoms. The Morgan fingerprint density at radius 1 is 1.00 bits per heavy atom. The van der Waals surface area contributed by atoms with Gasteiger partial charge in [-0.2, -0.15) is 0 Å². The zero-order valence-electron chi connectivity index (χ0n) is 10.4. The summed E-state index contributed by atoms with van der Waals surface area (Å²) in [5.74, 6) is 0.593. The summed E-state index contributed by atoms with van der Waals surface area (Å²) in [6, 6.07) is 0. The molecule has 1 atom stereocenters. The van der Waals surface area contributed by atoms with Crippen LogP contribution in [0.15, 0.2) is 0 Å². The van der Waals surface area contributed by atoms with Gasteiger partial charge in [0.2, 0.25) is 9.05 Å². The average molecular weight is 271 g/mol. The van der Waals surface area contributed by atoms with Crippen molar-refractivity contribution in [3.8, 4) is 0 Å². The fourth-order valence-corrected chi connectivity index (χ4v) is 2.92. The lowest BCUT2D eigenvalue weighted by Gasteiger charge is -2.16. The predicted molar refractivity (Wildman–Crippen MR) is 68.3 cm³/mol. The van der Waals surface area contributed by atoms with E-state index in [0.717, 1.165) is 19.3 Å². The zero-order chi connectivity index (χ0) is 12.6. The normalized spacial score (nSPS) is 14.3. The van der Waals surface area contributed by atoms with Crippen molar-refractivity contribution in [1.29, 1.82) is 0 Å². The summed E-state index contributed by atoms with van der Waals surface area (Å²) >= 11 is 0. The molecule has 0 spiro atoms. The summed E-state index contributed by atoms with van der Waals surface area (Å²) in [7, 11) is 1.81. The Kier molecular flexibility index (Phi) is 8.42. The van der Waals surface area contributed by atoms with Gasteiger partial charge in [0, 0.05) is 17.3 Å². The maximum atomic E-state index is 10.9. The minimum Gasteiger partial charge on any atom is -0.381 e. The largest absolute Gasteiger partial charge is 0.381 e. The molecule has 98 valence electrons. The summed E-state index contributed by atoms with van der Waals surface area (Å²) in [5.41, 5.74) is 0. The molecule has 0 aliphatic heterocycles. The summed E-state index contributed by atoms with van der Waals surface area (Å²) in [5, 5.41) is 0. The topological polar surface area (TPSA) is 43.4 Å². The fraction of sp³-hybridized carbons (Fsp3) is 1.00. The number of hydrogen-bond donors (Lipinski definition) is 0. The molecule has 0 aromatic rings. The van der Waals surface area contributed by atoms with Crippen molar-refractivity contribution in [3.05, 3.63) is 0 Å². The fourth-order valence-electron chi connectivity index (χ4n) is 1.49. The molecule has 0 N–H and O–H groups in total. The molecule has 0 saturated heterocycles. The van der Waals surface area contributed by atoms with Crippen LogP contribution in [0, 0.1) is 11.8 Å². The van der Waals surface area contributed by atoms with Gasteiger partial charge in [-0.05, 0) is 11.8 Å². The lowest BCUT2D eigenvalue weighted by Crippen LogP contribution is -2.19. The van der Waals surface area contributed by atoms with Gasteiger partial charge in [0.25, 0.3) is 0 Å². The van der Waals surface area contributed by atoms with Crippen molar-refractivity contribution in [2.24, 2.45) is 11.8 Å². The molecule has 0 fully saturated rings. The van der Waals surface area contributed by atoms with Crippen molar-refractivity contribution < 1.29 is 13.2 Å². The molecule has 0 saturated carbocycles. The highest BCUT2D eigenvalue weighted by Gasteiger charge is 2.16. The molecule has 3 nitrogen and oxygen atoms in total. The first-order chi connectivity index (χ1) is 7.42. The van der Waals surface area contributed by atoms with Crippen LogP contribution in [0.5, 0.6) is 0 Å². The molecule has 1 unspecified atom stereocenters. The second-order valence-electron chi connectivity index (χ2n) is 4.20. The Morgan fingerprint density at radius 2 is 1.44 bits per heavy atom. The van der Waals surface area contributed by atoms with Crippen LogP contribution in [-0.4, -0.2) is 27.4 Å². The van der Waals surface area contributed by atoms with E-state index >= 15 is 0 Å². The van der Waals surface area contributed by atoms with Crippen LogP contribution < -0.4 is 0 Å². The molecule has 0 rings (SSSR count). The minimum atomic E-state index is -3.41. The minimum absolute atomic E-state index is 0.00791. The molecule has 0 radical (unpaired) electrons. The van der Waals surface area contributed by atoms with Crippen LogP contribution in [-0.2, 0) is 13.8 Å². The summed E-state index contributed by atoms with van der Waals surface area (Å²) < 4.78 is 27.4. The van der Waals surface area contributed by atoms with Gasteiger partial charge in [0.15, 0.2) is 0 Å². The molecule has 0 aromatic heterocycles. The predicted octanol–water partition coefficient (Wildman–Crippen LogP) is 3.03. The van der Waals surface area contributed by atoms with E-state index in [1.165, 1.54) is 0 Å². The van der Waals surface area contributed by atoms with Crippen molar-refractivity contribution in [3.63, 3.8) is 0 Å². The zero-order valence-corrected chi connectivity index (χ0v) is 12.0. The molecule has 0 amide bonds. The van der Waals surface area contributed by atoms with Crippen LogP contribution in [0.2, 0.25) is 0 Å². The summed E-state index contributed by atoms with van der Waals surface area (Å²) in [4.78, 5) is 0. The molecule has 0 aromatic carbocycles. The van der Waals surface area contributed by atoms with E-state index in [9.17, 15) is 8.42 Å². The maximum absolute atomic E-state index is 10.9. The smallest absolute Gasteiger partial charge is 0.232 e. The molecule has 0 aliphatic carbocycles. The number of halogens is 1. The van der Waals surface area contributed by atoms with Gasteiger partial charge in [0.05, 0.1) is 12.4 Å². The molecule has 5 heteroatoms. The van der Waals surface area contributed by atoms with E-state index in [1.807, 2.05) is 6.92 Å². The first-order valence-electron chi connectivity index (χ1n) is 5.92. The van der Waals surface area contributed by atoms with E-state index < -0.39 is 9.05 Å². The van der Waals surface area contributed by atoms with Gasteiger partial charge in [-0.1, -0.05) is 40.0 Å². The summed E-state index contributed by atoms with van der Waals surface area (Å²) in [6.07, 6.45) is 2.97. The number of rotatable bonds is 9. The summed E-state index contributed by atoms with van der Waals surface area (Å²) in [6.45, 7) is 7.42. The maximum Gasteiger partial charge on any atom is 0.232 e. The Labute approximate surface area is 104 Å². The number of hydrogen-bond acceptors (Lipinski definition) is 3. The monoisotopic (exact) mass is 270 g/mol. The Bertz CT molecular complexity index is 260. The third-order valence-corrected chi connectivity index (χ3v) is 4.12. The SMILES string of the molecule is CCC(CC)COCC(CC)CS(=O)(=O)Cl. The van der Waals surface area contributed by atoms with Gasteiger partial charge in [-0.15, -0.1) is 0 Å². The van der Waals surface area contributed by atoms with Gasteiger partial charge < -0.3 is 4.74 Å². The molecule has 0 heterocycles. The van der Waals surface area contributed by atoms with Crippen LogP contribution in [0.3, 0.4) is 0 Å². The van der Waals surface area contributed by atoms with Crippen molar-refractivity contribution >= 4 is 19.7 Å². The van der Waals surface area contributed by atoms with Gasteiger partial charge >= 0.3 is 0 Å². The van der Waals surface area contributed by atoms with Crippen LogP contribution in [0.1, 0.15) is 40.0 Å². The molecular weight excluding hydrogens is 248 g/mol. The Hall–Kier alpha value is 0.200. The van der Waals surface area contributed by atoms with Crippen molar-refractivity contribution in [2.45, 2.75) is 40.0 Å². The lowest BCUT2D eigenvalue weighted by molar-refractivity contribution is 0.0730. The van der Waals surface area contributed by atoms with E-state index in [4.69, 9.17) is 15.4 Å². The number of ether oxygens (including phenoxy) is 1. The molecule has 0 aliphatic rings. The second-order valence-corrected chi connectivity index (χ2v) is 7.02. The first kappa shape index (κ1) is 16.2. The van der Waals surface area contributed by atoms with Crippen molar-refractivity contribution in [1.82, 2.24) is 0 Å². The van der Waals surface area contributed by atoms with E-state index in [0.29, 0.717) is 19.1 Å². The molecular formula is C11H23ClO3S. The highest BCUT2D eigenvalue weighted by molar-refractivity contribution is 8.13. The molecule has 16 heavy (non-hydrogen) atoms. The van der Waals surface area contributed by atoms with Crippen molar-refractivity contribution in [2.75, 3.05) is 19.0 Å². The van der Waals surface area contributed by atoms with E-state index in [2.05, 4.69) is 13.8 Å². The average Bonchev–Trinajstić information content (AvgIpc) is 2.21. The van der Waals surface area contributed by atoms with E-state index in [-0.39, 0.29) is 11.7 Å². The third kappa shape index (κ3) is 8.36. The third-order valence-electron chi connectivity index (χ3n) is 2.87. The lowest BCUT2D eigenvalue weighted by atomic mass is 10.1. The highest BCUT2D eigenvalue weighted by atomic mass is 35.7. The van der Waals surface area contributed by atoms with Crippen LogP contribution >= 0.6 is 10.7 Å². The first-order valence-corrected chi connectivity index (χ1v) is 8.40. The van der Waals surface area contributed by atoms with Gasteiger partial charge in [-0.3, -0.25) is 0 Å². The Morgan fingerprint density at radius 3 is 1.81 bits per heavy atom. The highest BCUT2D eigenvalue weighted by Crippen LogP contribution is 2.13. The standard InChI is InChI=1S/C11H23ClO3S/c1-4-10(5-2)7-15-8-11(6-3)9-16(12,13)14/h10-11H,4-9H2,1-3H3. The van der Waals surface area contributed by atoms with Crippen LogP contribution in [0.4, 0.5) is 0 Å². The van der Waals surface area contributed by atoms with Gasteiger partial charge in [0.1, 0.15) is 0 Å². The second kappa shape index (κ2) is 8.31. The van der Waals surface area contributed by atoms with E-state index in [1.54, 1.807) is 0 Å².